The highest BCUT2D eigenvalue weighted by molar-refractivity contribution is 5.90. The Labute approximate surface area is 125 Å². The first-order chi connectivity index (χ1) is 10.2. The maximum absolute atomic E-state index is 11.8. The Bertz CT molecular complexity index is 463. The zero-order valence-electron chi connectivity index (χ0n) is 12.4. The molecule has 2 amide bonds. The Morgan fingerprint density at radius 3 is 2.71 bits per heavy atom. The number of anilines is 1. The Kier molecular flexibility index (Phi) is 7.89. The van der Waals surface area contributed by atoms with Crippen molar-refractivity contribution in [3.8, 4) is 5.75 Å². The van der Waals surface area contributed by atoms with Gasteiger partial charge in [0, 0.05) is 25.2 Å². The molecule has 0 aliphatic carbocycles. The fourth-order valence-corrected chi connectivity index (χ4v) is 1.71. The third kappa shape index (κ3) is 7.31. The fraction of sp³-hybridized carbons (Fsp3) is 0.467. The summed E-state index contributed by atoms with van der Waals surface area (Å²) in [5, 5.41) is 5.28. The van der Waals surface area contributed by atoms with Crippen LogP contribution in [0.15, 0.2) is 24.3 Å². The van der Waals surface area contributed by atoms with Crippen molar-refractivity contribution in [2.24, 2.45) is 5.73 Å². The zero-order chi connectivity index (χ0) is 15.5. The van der Waals surface area contributed by atoms with E-state index in [0.717, 1.165) is 19.3 Å². The standard InChI is InChI=1S/C15H23N3O3/c1-17-15(20)11-21-13-7-5-6-12(10-13)18-14(19)8-3-2-4-9-16/h5-7,10H,2-4,8-9,11,16H2,1H3,(H,17,20)(H,18,19). The van der Waals surface area contributed by atoms with Gasteiger partial charge in [-0.1, -0.05) is 12.5 Å². The van der Waals surface area contributed by atoms with E-state index in [1.165, 1.54) is 0 Å². The van der Waals surface area contributed by atoms with Gasteiger partial charge in [-0.3, -0.25) is 9.59 Å². The van der Waals surface area contributed by atoms with Crippen LogP contribution in [0.25, 0.3) is 0 Å². The Balaban J connectivity index is 2.41. The molecule has 0 unspecified atom stereocenters. The largest absolute Gasteiger partial charge is 0.484 e. The van der Waals surface area contributed by atoms with Crippen molar-refractivity contribution in [2.45, 2.75) is 25.7 Å². The molecule has 6 nitrogen and oxygen atoms in total. The molecule has 0 saturated carbocycles. The number of carbonyl (C=O) groups is 2. The van der Waals surface area contributed by atoms with Crippen LogP contribution < -0.4 is 21.1 Å². The molecule has 0 bridgehead atoms. The van der Waals surface area contributed by atoms with E-state index >= 15 is 0 Å². The van der Waals surface area contributed by atoms with E-state index in [9.17, 15) is 9.59 Å². The molecule has 0 aliphatic heterocycles. The SMILES string of the molecule is CNC(=O)COc1cccc(NC(=O)CCCCCN)c1. The summed E-state index contributed by atoms with van der Waals surface area (Å²) in [5.74, 6) is 0.305. The average molecular weight is 293 g/mol. The first kappa shape index (κ1) is 17.0. The number of likely N-dealkylation sites (N-methyl/N-ethyl adjacent to an activating group) is 1. The maximum atomic E-state index is 11.8. The van der Waals surface area contributed by atoms with Crippen molar-refractivity contribution in [1.29, 1.82) is 0 Å². The minimum absolute atomic E-state index is 0.0320. The van der Waals surface area contributed by atoms with E-state index in [1.807, 2.05) is 0 Å². The van der Waals surface area contributed by atoms with Crippen molar-refractivity contribution in [2.75, 3.05) is 25.5 Å². The molecule has 0 saturated heterocycles. The van der Waals surface area contributed by atoms with Crippen molar-refractivity contribution in [1.82, 2.24) is 5.32 Å². The van der Waals surface area contributed by atoms with Crippen LogP contribution in [0.2, 0.25) is 0 Å². The second-order valence-corrected chi connectivity index (χ2v) is 4.64. The summed E-state index contributed by atoms with van der Waals surface area (Å²) >= 11 is 0. The summed E-state index contributed by atoms with van der Waals surface area (Å²) in [6, 6.07) is 6.98. The molecule has 0 radical (unpaired) electrons. The summed E-state index contributed by atoms with van der Waals surface area (Å²) in [6.45, 7) is 0.610. The summed E-state index contributed by atoms with van der Waals surface area (Å²) < 4.78 is 5.32. The summed E-state index contributed by atoms with van der Waals surface area (Å²) in [4.78, 5) is 22.9. The minimum atomic E-state index is -0.204. The molecular weight excluding hydrogens is 270 g/mol. The van der Waals surface area contributed by atoms with Gasteiger partial charge in [0.25, 0.3) is 5.91 Å². The van der Waals surface area contributed by atoms with E-state index in [4.69, 9.17) is 10.5 Å². The molecule has 1 aromatic rings. The molecule has 6 heteroatoms. The van der Waals surface area contributed by atoms with Gasteiger partial charge in [0.05, 0.1) is 0 Å². The summed E-state index contributed by atoms with van der Waals surface area (Å²) in [6.07, 6.45) is 3.20. The van der Waals surface area contributed by atoms with E-state index in [-0.39, 0.29) is 18.4 Å². The highest BCUT2D eigenvalue weighted by atomic mass is 16.5. The highest BCUT2D eigenvalue weighted by Crippen LogP contribution is 2.17. The predicted molar refractivity (Wildman–Crippen MR) is 82.2 cm³/mol. The van der Waals surface area contributed by atoms with Gasteiger partial charge in [0.15, 0.2) is 6.61 Å². The van der Waals surface area contributed by atoms with Crippen LogP contribution in [0.1, 0.15) is 25.7 Å². The first-order valence-electron chi connectivity index (χ1n) is 7.09. The van der Waals surface area contributed by atoms with Crippen LogP contribution in [-0.4, -0.2) is 32.0 Å². The van der Waals surface area contributed by atoms with Gasteiger partial charge in [0.2, 0.25) is 5.91 Å². The number of hydrogen-bond donors (Lipinski definition) is 3. The number of nitrogens with two attached hydrogens (primary N) is 1. The average Bonchev–Trinajstić information content (AvgIpc) is 2.49. The summed E-state index contributed by atoms with van der Waals surface area (Å²) in [5.41, 5.74) is 6.06. The van der Waals surface area contributed by atoms with E-state index in [0.29, 0.717) is 24.4 Å². The Morgan fingerprint density at radius 1 is 1.19 bits per heavy atom. The molecule has 0 spiro atoms. The molecule has 0 heterocycles. The van der Waals surface area contributed by atoms with Crippen molar-refractivity contribution < 1.29 is 14.3 Å². The van der Waals surface area contributed by atoms with Gasteiger partial charge in [-0.15, -0.1) is 0 Å². The molecule has 0 aromatic heterocycles. The van der Waals surface area contributed by atoms with Crippen molar-refractivity contribution >= 4 is 17.5 Å². The number of amides is 2. The van der Waals surface area contributed by atoms with Crippen LogP contribution in [0.5, 0.6) is 5.75 Å². The number of benzene rings is 1. The lowest BCUT2D eigenvalue weighted by molar-refractivity contribution is -0.122. The van der Waals surface area contributed by atoms with Crippen LogP contribution in [0.4, 0.5) is 5.69 Å². The third-order valence-corrected chi connectivity index (χ3v) is 2.87. The van der Waals surface area contributed by atoms with Crippen LogP contribution >= 0.6 is 0 Å². The van der Waals surface area contributed by atoms with Gasteiger partial charge in [-0.2, -0.15) is 0 Å². The minimum Gasteiger partial charge on any atom is -0.484 e. The normalized spacial score (nSPS) is 10.0. The molecule has 4 N–H and O–H groups in total. The third-order valence-electron chi connectivity index (χ3n) is 2.87. The lowest BCUT2D eigenvalue weighted by Crippen LogP contribution is -2.24. The van der Waals surface area contributed by atoms with Crippen molar-refractivity contribution in [3.05, 3.63) is 24.3 Å². The molecule has 0 atom stereocenters. The molecule has 0 aliphatic rings. The zero-order valence-corrected chi connectivity index (χ0v) is 12.4. The van der Waals surface area contributed by atoms with Gasteiger partial charge in [-0.05, 0) is 31.5 Å². The quantitative estimate of drug-likeness (QED) is 0.598. The molecule has 116 valence electrons. The number of hydrogen-bond acceptors (Lipinski definition) is 4. The maximum Gasteiger partial charge on any atom is 0.257 e. The molecule has 21 heavy (non-hydrogen) atoms. The van der Waals surface area contributed by atoms with Gasteiger partial charge in [0.1, 0.15) is 5.75 Å². The number of rotatable bonds is 9. The molecule has 1 aromatic carbocycles. The summed E-state index contributed by atoms with van der Waals surface area (Å²) in [7, 11) is 1.55. The number of ether oxygens (including phenoxy) is 1. The van der Waals surface area contributed by atoms with E-state index < -0.39 is 0 Å². The lowest BCUT2D eigenvalue weighted by Gasteiger charge is -2.08. The van der Waals surface area contributed by atoms with Gasteiger partial charge >= 0.3 is 0 Å². The highest BCUT2D eigenvalue weighted by Gasteiger charge is 2.04. The van der Waals surface area contributed by atoms with Crippen molar-refractivity contribution in [3.63, 3.8) is 0 Å². The Morgan fingerprint density at radius 2 is 2.00 bits per heavy atom. The molecule has 1 rings (SSSR count). The van der Waals surface area contributed by atoms with Crippen LogP contribution in [0, 0.1) is 0 Å². The number of nitrogens with one attached hydrogen (secondary N) is 2. The second-order valence-electron chi connectivity index (χ2n) is 4.64. The van der Waals surface area contributed by atoms with Gasteiger partial charge < -0.3 is 21.1 Å². The fourth-order valence-electron chi connectivity index (χ4n) is 1.71. The lowest BCUT2D eigenvalue weighted by atomic mass is 10.2. The van der Waals surface area contributed by atoms with Gasteiger partial charge in [-0.25, -0.2) is 0 Å². The molecule has 0 fully saturated rings. The number of carbonyl (C=O) groups excluding carboxylic acids is 2. The molecular formula is C15H23N3O3. The first-order valence-corrected chi connectivity index (χ1v) is 7.09. The van der Waals surface area contributed by atoms with E-state index in [2.05, 4.69) is 10.6 Å². The van der Waals surface area contributed by atoms with Crippen LogP contribution in [0.3, 0.4) is 0 Å². The van der Waals surface area contributed by atoms with Crippen LogP contribution in [-0.2, 0) is 9.59 Å². The predicted octanol–water partition coefficient (Wildman–Crippen LogP) is 1.27. The topological polar surface area (TPSA) is 93.5 Å². The Hall–Kier alpha value is -2.08. The monoisotopic (exact) mass is 293 g/mol. The number of unbranched alkanes of at least 4 members (excludes halogenated alkanes) is 2. The smallest absolute Gasteiger partial charge is 0.257 e. The second kappa shape index (κ2) is 9.77. The van der Waals surface area contributed by atoms with E-state index in [1.54, 1.807) is 31.3 Å².